The molecule has 0 saturated heterocycles. The fraction of sp³-hybridized carbons (Fsp3) is 0.500. The minimum Gasteiger partial charge on any atom is -0.312 e. The molecule has 4 nitrogen and oxygen atoms in total. The lowest BCUT2D eigenvalue weighted by molar-refractivity contribution is 0.411. The highest BCUT2D eigenvalue weighted by atomic mass is 16.1. The van der Waals surface area contributed by atoms with Gasteiger partial charge in [-0.25, -0.2) is 0 Å². The van der Waals surface area contributed by atoms with Gasteiger partial charge in [0.05, 0.1) is 11.5 Å². The van der Waals surface area contributed by atoms with E-state index in [1.54, 1.807) is 16.7 Å². The van der Waals surface area contributed by atoms with Crippen LogP contribution in [0, 0.1) is 35.0 Å². The minimum atomic E-state index is -0.371. The van der Waals surface area contributed by atoms with Crippen molar-refractivity contribution in [1.29, 1.82) is 10.5 Å². The molecule has 1 aromatic rings. The summed E-state index contributed by atoms with van der Waals surface area (Å²) in [6, 6.07) is 7.46. The predicted molar refractivity (Wildman–Crippen MR) is 68.8 cm³/mol. The molecule has 0 fully saturated rings. The van der Waals surface area contributed by atoms with Crippen molar-refractivity contribution in [2.45, 2.75) is 40.2 Å². The Bertz CT molecular complexity index is 570. The Labute approximate surface area is 107 Å². The zero-order valence-corrected chi connectivity index (χ0v) is 11.0. The molecule has 1 aromatic heterocycles. The van der Waals surface area contributed by atoms with Gasteiger partial charge in [-0.2, -0.15) is 10.5 Å². The van der Waals surface area contributed by atoms with Gasteiger partial charge in [0.15, 0.2) is 0 Å². The Kier molecular flexibility index (Phi) is 4.28. The van der Waals surface area contributed by atoms with Gasteiger partial charge in [0.25, 0.3) is 5.56 Å². The molecule has 4 heteroatoms. The summed E-state index contributed by atoms with van der Waals surface area (Å²) in [6.45, 7) is 6.16. The number of hydrogen-bond donors (Lipinski definition) is 0. The van der Waals surface area contributed by atoms with Crippen LogP contribution in [0.4, 0.5) is 0 Å². The topological polar surface area (TPSA) is 69.6 Å². The van der Waals surface area contributed by atoms with Crippen molar-refractivity contribution in [1.82, 2.24) is 4.57 Å². The molecular weight excluding hydrogens is 226 g/mol. The predicted octanol–water partition coefficient (Wildman–Crippen LogP) is 2.36. The highest BCUT2D eigenvalue weighted by molar-refractivity contribution is 5.27. The van der Waals surface area contributed by atoms with Gasteiger partial charge < -0.3 is 4.57 Å². The Balaban J connectivity index is 2.85. The van der Waals surface area contributed by atoms with E-state index in [9.17, 15) is 4.79 Å². The van der Waals surface area contributed by atoms with E-state index in [0.717, 1.165) is 18.5 Å². The van der Waals surface area contributed by atoms with E-state index in [-0.39, 0.29) is 16.5 Å². The highest BCUT2D eigenvalue weighted by Gasteiger charge is 2.16. The van der Waals surface area contributed by atoms with Crippen molar-refractivity contribution in [2.75, 3.05) is 0 Å². The molecule has 0 aliphatic heterocycles. The third-order valence-electron chi connectivity index (χ3n) is 3.00. The summed E-state index contributed by atoms with van der Waals surface area (Å²) in [6.07, 6.45) is 1.47. The molecule has 0 aromatic carbocycles. The summed E-state index contributed by atoms with van der Waals surface area (Å²) in [7, 11) is 0. The lowest BCUT2D eigenvalue weighted by atomic mass is 9.90. The van der Waals surface area contributed by atoms with Gasteiger partial charge in [-0.15, -0.1) is 0 Å². The van der Waals surface area contributed by atoms with Gasteiger partial charge in [0.1, 0.15) is 11.6 Å². The van der Waals surface area contributed by atoms with E-state index in [1.807, 2.05) is 26.8 Å². The van der Waals surface area contributed by atoms with Gasteiger partial charge >= 0.3 is 0 Å². The maximum absolute atomic E-state index is 11.9. The molecule has 0 aliphatic carbocycles. The Morgan fingerprint density at radius 3 is 2.56 bits per heavy atom. The molecule has 0 unspecified atom stereocenters. The van der Waals surface area contributed by atoms with Gasteiger partial charge in [-0.05, 0) is 45.7 Å². The minimum absolute atomic E-state index is 0.167. The standard InChI is InChI=1S/C14H17N3O/c1-11-5-6-12(9-15)13(18)17(11)8-4-7-14(2,3)10-16/h5-6H,4,7-8H2,1-3H3. The first kappa shape index (κ1) is 14.0. The number of hydrogen-bond acceptors (Lipinski definition) is 3. The summed E-state index contributed by atoms with van der Waals surface area (Å²) >= 11 is 0. The lowest BCUT2D eigenvalue weighted by Crippen LogP contribution is -2.25. The molecule has 0 radical (unpaired) electrons. The third kappa shape index (κ3) is 3.21. The summed E-state index contributed by atoms with van der Waals surface area (Å²) in [5.41, 5.74) is 0.394. The number of nitrogens with zero attached hydrogens (tertiary/aromatic N) is 3. The summed E-state index contributed by atoms with van der Waals surface area (Å²) < 4.78 is 1.60. The molecule has 0 aliphatic rings. The Morgan fingerprint density at radius 2 is 2.00 bits per heavy atom. The van der Waals surface area contributed by atoms with E-state index in [1.165, 1.54) is 0 Å². The first-order valence-corrected chi connectivity index (χ1v) is 5.93. The summed E-state index contributed by atoms with van der Waals surface area (Å²) in [5.74, 6) is 0. The second-order valence-electron chi connectivity index (χ2n) is 5.06. The van der Waals surface area contributed by atoms with E-state index in [2.05, 4.69) is 6.07 Å². The van der Waals surface area contributed by atoms with Crippen molar-refractivity contribution in [2.24, 2.45) is 5.41 Å². The molecule has 0 amide bonds. The van der Waals surface area contributed by atoms with E-state index in [0.29, 0.717) is 6.54 Å². The zero-order valence-electron chi connectivity index (χ0n) is 11.0. The Morgan fingerprint density at radius 1 is 1.33 bits per heavy atom. The fourth-order valence-electron chi connectivity index (χ4n) is 1.77. The highest BCUT2D eigenvalue weighted by Crippen LogP contribution is 2.20. The summed E-state index contributed by atoms with van der Waals surface area (Å²) in [4.78, 5) is 11.9. The van der Waals surface area contributed by atoms with Crippen molar-refractivity contribution in [3.63, 3.8) is 0 Å². The molecule has 1 rings (SSSR count). The number of aromatic nitrogens is 1. The third-order valence-corrected chi connectivity index (χ3v) is 3.00. The van der Waals surface area contributed by atoms with Crippen LogP contribution in [0.3, 0.4) is 0 Å². The largest absolute Gasteiger partial charge is 0.312 e. The van der Waals surface area contributed by atoms with Crippen LogP contribution < -0.4 is 5.56 Å². The average molecular weight is 243 g/mol. The fourth-order valence-corrected chi connectivity index (χ4v) is 1.77. The van der Waals surface area contributed by atoms with Crippen LogP contribution >= 0.6 is 0 Å². The van der Waals surface area contributed by atoms with Crippen LogP contribution in [0.5, 0.6) is 0 Å². The molecule has 94 valence electrons. The second kappa shape index (κ2) is 5.51. The maximum atomic E-state index is 11.9. The molecule has 0 saturated carbocycles. The first-order valence-electron chi connectivity index (χ1n) is 5.93. The van der Waals surface area contributed by atoms with Crippen LogP contribution in [0.1, 0.15) is 37.9 Å². The number of aryl methyl sites for hydroxylation is 1. The molecule has 0 bridgehead atoms. The average Bonchev–Trinajstić information content (AvgIpc) is 2.33. The normalized spacial score (nSPS) is 10.7. The van der Waals surface area contributed by atoms with Crippen LogP contribution in [0.15, 0.2) is 16.9 Å². The molecule has 0 N–H and O–H groups in total. The molecule has 0 spiro atoms. The number of pyridine rings is 1. The second-order valence-corrected chi connectivity index (χ2v) is 5.06. The van der Waals surface area contributed by atoms with Crippen LogP contribution in [0.2, 0.25) is 0 Å². The van der Waals surface area contributed by atoms with Crippen molar-refractivity contribution in [3.8, 4) is 12.1 Å². The SMILES string of the molecule is Cc1ccc(C#N)c(=O)n1CCCC(C)(C)C#N. The number of nitriles is 2. The molecule has 0 atom stereocenters. The van der Waals surface area contributed by atoms with Crippen LogP contribution in [0.25, 0.3) is 0 Å². The molecule has 1 heterocycles. The van der Waals surface area contributed by atoms with Gasteiger partial charge in [-0.1, -0.05) is 0 Å². The van der Waals surface area contributed by atoms with Gasteiger partial charge in [0, 0.05) is 12.2 Å². The van der Waals surface area contributed by atoms with Gasteiger partial charge in [-0.3, -0.25) is 4.79 Å². The quantitative estimate of drug-likeness (QED) is 0.815. The van der Waals surface area contributed by atoms with E-state index >= 15 is 0 Å². The molecule has 18 heavy (non-hydrogen) atoms. The van der Waals surface area contributed by atoms with Gasteiger partial charge in [0.2, 0.25) is 0 Å². The van der Waals surface area contributed by atoms with E-state index < -0.39 is 0 Å². The Hall–Kier alpha value is -2.07. The zero-order chi connectivity index (χ0) is 13.8. The maximum Gasteiger partial charge on any atom is 0.268 e. The van der Waals surface area contributed by atoms with Crippen LogP contribution in [-0.2, 0) is 6.54 Å². The van der Waals surface area contributed by atoms with Crippen molar-refractivity contribution >= 4 is 0 Å². The summed E-state index contributed by atoms with van der Waals surface area (Å²) in [5, 5.41) is 17.7. The van der Waals surface area contributed by atoms with Crippen LogP contribution in [-0.4, -0.2) is 4.57 Å². The first-order chi connectivity index (χ1) is 8.41. The monoisotopic (exact) mass is 243 g/mol. The lowest BCUT2D eigenvalue weighted by Gasteiger charge is -2.16. The molecular formula is C14H17N3O. The van der Waals surface area contributed by atoms with E-state index in [4.69, 9.17) is 10.5 Å². The number of rotatable bonds is 4. The smallest absolute Gasteiger partial charge is 0.268 e. The van der Waals surface area contributed by atoms with Crippen molar-refractivity contribution < 1.29 is 0 Å². The van der Waals surface area contributed by atoms with Crippen molar-refractivity contribution in [3.05, 3.63) is 33.7 Å².